The van der Waals surface area contributed by atoms with E-state index in [-0.39, 0.29) is 12.5 Å². The molecule has 3 rings (SSSR count). The number of thiophene rings is 1. The number of carbonyl (C=O) groups excluding carboxylic acids is 2. The van der Waals surface area contributed by atoms with Crippen LogP contribution in [-0.2, 0) is 9.53 Å². The van der Waals surface area contributed by atoms with Gasteiger partial charge in [0.25, 0.3) is 5.91 Å². The van der Waals surface area contributed by atoms with Crippen molar-refractivity contribution in [2.24, 2.45) is 0 Å². The molecule has 0 unspecified atom stereocenters. The first kappa shape index (κ1) is 13.6. The first-order valence-electron chi connectivity index (χ1n) is 6.86. The Morgan fingerprint density at radius 2 is 2.10 bits per heavy atom. The predicted molar refractivity (Wildman–Crippen MR) is 71.1 cm³/mol. The van der Waals surface area contributed by atoms with Gasteiger partial charge >= 0.3 is 0 Å². The van der Waals surface area contributed by atoms with Gasteiger partial charge in [-0.05, 0) is 37.1 Å². The fourth-order valence-electron chi connectivity index (χ4n) is 3.17. The number of amides is 1. The Labute approximate surface area is 121 Å². The summed E-state index contributed by atoms with van der Waals surface area (Å²) in [6.07, 6.45) is 4.41. The van der Waals surface area contributed by atoms with E-state index in [0.717, 1.165) is 19.3 Å². The molecule has 5 nitrogen and oxygen atoms in total. The lowest BCUT2D eigenvalue weighted by Gasteiger charge is -2.41. The Hall–Kier alpha value is -1.40. The van der Waals surface area contributed by atoms with Crippen LogP contribution in [0.5, 0.6) is 0 Å². The Balaban J connectivity index is 1.95. The summed E-state index contributed by atoms with van der Waals surface area (Å²) in [4.78, 5) is 26.0. The molecule has 1 aliphatic heterocycles. The third kappa shape index (κ3) is 2.13. The molecule has 0 N–H and O–H groups in total. The van der Waals surface area contributed by atoms with E-state index in [2.05, 4.69) is 0 Å². The van der Waals surface area contributed by atoms with Crippen molar-refractivity contribution in [3.8, 4) is 0 Å². The molecule has 1 aromatic heterocycles. The number of carboxylic acids is 1. The summed E-state index contributed by atoms with van der Waals surface area (Å²) in [5.74, 6) is -1.49. The summed E-state index contributed by atoms with van der Waals surface area (Å²) in [5, 5.41) is 13.1. The molecule has 0 aromatic carbocycles. The number of rotatable bonds is 2. The molecule has 1 saturated heterocycles. The minimum Gasteiger partial charge on any atom is -0.548 e. The highest BCUT2D eigenvalue weighted by Gasteiger charge is 2.51. The van der Waals surface area contributed by atoms with Crippen molar-refractivity contribution in [2.45, 2.75) is 43.9 Å². The molecular formula is C14H16NO4S-. The van der Waals surface area contributed by atoms with E-state index < -0.39 is 17.7 Å². The highest BCUT2D eigenvalue weighted by molar-refractivity contribution is 7.12. The molecule has 1 spiro atoms. The van der Waals surface area contributed by atoms with Gasteiger partial charge in [0, 0.05) is 0 Å². The van der Waals surface area contributed by atoms with Crippen LogP contribution in [0.15, 0.2) is 17.5 Å². The van der Waals surface area contributed by atoms with Gasteiger partial charge in [0.05, 0.1) is 23.5 Å². The minimum absolute atomic E-state index is 0.0272. The fourth-order valence-corrected chi connectivity index (χ4v) is 3.83. The fraction of sp³-hybridized carbons (Fsp3) is 0.571. The molecule has 2 heterocycles. The second-order valence-corrected chi connectivity index (χ2v) is 6.25. The molecule has 1 saturated carbocycles. The molecule has 0 bridgehead atoms. The SMILES string of the molecule is O=C([O-])[C@@H]1COC2(CCCCC2)N1C(=O)c1cccs1. The minimum atomic E-state index is -1.24. The van der Waals surface area contributed by atoms with Gasteiger partial charge in [0.2, 0.25) is 0 Å². The van der Waals surface area contributed by atoms with Crippen LogP contribution in [0.1, 0.15) is 41.8 Å². The number of carboxylic acid groups (broad SMARTS) is 1. The molecule has 1 amide bonds. The van der Waals surface area contributed by atoms with Crippen LogP contribution in [0.25, 0.3) is 0 Å². The van der Waals surface area contributed by atoms with Crippen LogP contribution in [0.3, 0.4) is 0 Å². The van der Waals surface area contributed by atoms with Gasteiger partial charge in [-0.2, -0.15) is 0 Å². The van der Waals surface area contributed by atoms with E-state index in [0.29, 0.717) is 17.7 Å². The number of hydrogen-bond donors (Lipinski definition) is 0. The molecule has 2 fully saturated rings. The van der Waals surface area contributed by atoms with E-state index in [9.17, 15) is 14.7 Å². The predicted octanol–water partition coefficient (Wildman–Crippen LogP) is 0.999. The Bertz CT molecular complexity index is 507. The normalized spacial score (nSPS) is 25.0. The number of aliphatic carboxylic acids is 1. The Morgan fingerprint density at radius 3 is 2.70 bits per heavy atom. The number of hydrogen-bond acceptors (Lipinski definition) is 5. The zero-order chi connectivity index (χ0) is 14.2. The zero-order valence-electron chi connectivity index (χ0n) is 11.0. The van der Waals surface area contributed by atoms with Crippen molar-refractivity contribution in [2.75, 3.05) is 6.61 Å². The van der Waals surface area contributed by atoms with E-state index in [1.807, 2.05) is 5.38 Å². The number of ether oxygens (including phenoxy) is 1. The molecule has 1 aromatic rings. The lowest BCUT2D eigenvalue weighted by Crippen LogP contribution is -2.56. The summed E-state index contributed by atoms with van der Waals surface area (Å²) in [6.45, 7) is 0.0272. The molecule has 20 heavy (non-hydrogen) atoms. The summed E-state index contributed by atoms with van der Waals surface area (Å²) in [6, 6.07) is 2.52. The maximum absolute atomic E-state index is 12.7. The lowest BCUT2D eigenvalue weighted by molar-refractivity contribution is -0.310. The average molecular weight is 294 g/mol. The quantitative estimate of drug-likeness (QED) is 0.816. The Morgan fingerprint density at radius 1 is 1.35 bits per heavy atom. The monoisotopic (exact) mass is 294 g/mol. The number of carbonyl (C=O) groups is 2. The summed E-state index contributed by atoms with van der Waals surface area (Å²) in [7, 11) is 0. The molecule has 2 aliphatic rings. The van der Waals surface area contributed by atoms with Crippen LogP contribution >= 0.6 is 11.3 Å². The largest absolute Gasteiger partial charge is 0.548 e. The van der Waals surface area contributed by atoms with Crippen LogP contribution in [0.4, 0.5) is 0 Å². The summed E-state index contributed by atoms with van der Waals surface area (Å²) in [5.41, 5.74) is -0.746. The third-order valence-electron chi connectivity index (χ3n) is 4.12. The van der Waals surface area contributed by atoms with E-state index >= 15 is 0 Å². The van der Waals surface area contributed by atoms with Crippen LogP contribution < -0.4 is 5.11 Å². The van der Waals surface area contributed by atoms with Gasteiger partial charge in [-0.3, -0.25) is 9.69 Å². The molecule has 1 aliphatic carbocycles. The molecular weight excluding hydrogens is 278 g/mol. The molecule has 0 radical (unpaired) electrons. The standard InChI is InChI=1S/C14H17NO4S/c16-12(11-5-4-8-20-11)15-10(13(17)18)9-19-14(15)6-2-1-3-7-14/h4-5,8,10H,1-3,6-7,9H2,(H,17,18)/p-1/t10-/m0/s1. The van der Waals surface area contributed by atoms with Crippen LogP contribution in [0, 0.1) is 0 Å². The van der Waals surface area contributed by atoms with E-state index in [1.165, 1.54) is 16.2 Å². The summed E-state index contributed by atoms with van der Waals surface area (Å²) >= 11 is 1.32. The van der Waals surface area contributed by atoms with Crippen LogP contribution in [-0.4, -0.2) is 35.2 Å². The van der Waals surface area contributed by atoms with Crippen molar-refractivity contribution < 1.29 is 19.4 Å². The van der Waals surface area contributed by atoms with Crippen molar-refractivity contribution in [1.29, 1.82) is 0 Å². The second kappa shape index (κ2) is 5.18. The van der Waals surface area contributed by atoms with Gasteiger partial charge < -0.3 is 14.6 Å². The van der Waals surface area contributed by atoms with Crippen LogP contribution in [0.2, 0.25) is 0 Å². The highest BCUT2D eigenvalue weighted by atomic mass is 32.1. The first-order valence-corrected chi connectivity index (χ1v) is 7.74. The maximum atomic E-state index is 12.7. The zero-order valence-corrected chi connectivity index (χ0v) is 11.9. The van der Waals surface area contributed by atoms with Gasteiger partial charge in [-0.15, -0.1) is 11.3 Å². The second-order valence-electron chi connectivity index (χ2n) is 5.31. The first-order chi connectivity index (χ1) is 9.64. The van der Waals surface area contributed by atoms with E-state index in [1.54, 1.807) is 12.1 Å². The topological polar surface area (TPSA) is 69.7 Å². The maximum Gasteiger partial charge on any atom is 0.266 e. The molecule has 108 valence electrons. The lowest BCUT2D eigenvalue weighted by atomic mass is 9.90. The van der Waals surface area contributed by atoms with Crippen molar-refractivity contribution >= 4 is 23.2 Å². The summed E-state index contributed by atoms with van der Waals surface area (Å²) < 4.78 is 5.78. The van der Waals surface area contributed by atoms with Crippen molar-refractivity contribution in [3.05, 3.63) is 22.4 Å². The van der Waals surface area contributed by atoms with Gasteiger partial charge in [0.15, 0.2) is 0 Å². The third-order valence-corrected chi connectivity index (χ3v) is 4.98. The molecule has 1 atom stereocenters. The van der Waals surface area contributed by atoms with Gasteiger partial charge in [0.1, 0.15) is 5.72 Å². The number of nitrogens with zero attached hydrogens (tertiary/aromatic N) is 1. The smallest absolute Gasteiger partial charge is 0.266 e. The highest BCUT2D eigenvalue weighted by Crippen LogP contribution is 2.41. The molecule has 6 heteroatoms. The van der Waals surface area contributed by atoms with Crippen molar-refractivity contribution in [1.82, 2.24) is 4.90 Å². The van der Waals surface area contributed by atoms with E-state index in [4.69, 9.17) is 4.74 Å². The van der Waals surface area contributed by atoms with Gasteiger partial charge in [-0.1, -0.05) is 12.5 Å². The Kier molecular flexibility index (Phi) is 3.52. The average Bonchev–Trinajstić information content (AvgIpc) is 3.07. The van der Waals surface area contributed by atoms with Crippen molar-refractivity contribution in [3.63, 3.8) is 0 Å². The van der Waals surface area contributed by atoms with Gasteiger partial charge in [-0.25, -0.2) is 0 Å².